The maximum Gasteiger partial charge on any atom is 0.193 e. The fourth-order valence-corrected chi connectivity index (χ4v) is 3.67. The Morgan fingerprint density at radius 1 is 1.36 bits per heavy atom. The maximum absolute atomic E-state index is 4.52. The van der Waals surface area contributed by atoms with Crippen molar-refractivity contribution in [3.63, 3.8) is 0 Å². The summed E-state index contributed by atoms with van der Waals surface area (Å²) in [5.74, 6) is 0.890. The van der Waals surface area contributed by atoms with Gasteiger partial charge in [0.15, 0.2) is 5.96 Å². The van der Waals surface area contributed by atoms with Gasteiger partial charge in [-0.1, -0.05) is 18.2 Å². The van der Waals surface area contributed by atoms with E-state index in [-0.39, 0.29) is 0 Å². The zero-order chi connectivity index (χ0) is 17.8. The first-order chi connectivity index (χ1) is 12.1. The lowest BCUT2D eigenvalue weighted by molar-refractivity contribution is 0.471. The van der Waals surface area contributed by atoms with Crippen molar-refractivity contribution in [3.05, 3.63) is 51.6 Å². The quantitative estimate of drug-likeness (QED) is 0.544. The van der Waals surface area contributed by atoms with Gasteiger partial charge in [0.05, 0.1) is 17.2 Å². The van der Waals surface area contributed by atoms with Crippen molar-refractivity contribution in [2.24, 2.45) is 4.99 Å². The smallest absolute Gasteiger partial charge is 0.193 e. The average Bonchev–Trinajstić information content (AvgIpc) is 3.19. The van der Waals surface area contributed by atoms with Crippen LogP contribution in [0.2, 0.25) is 0 Å². The van der Waals surface area contributed by atoms with E-state index < -0.39 is 0 Å². The molecule has 0 fully saturated rings. The molecule has 0 spiro atoms. The number of nitrogens with zero attached hydrogens (tertiary/aromatic N) is 3. The Hall–Kier alpha value is -2.34. The molecule has 3 aromatic rings. The van der Waals surface area contributed by atoms with Crippen molar-refractivity contribution < 1.29 is 0 Å². The van der Waals surface area contributed by atoms with E-state index in [2.05, 4.69) is 61.9 Å². The molecule has 5 nitrogen and oxygen atoms in total. The van der Waals surface area contributed by atoms with Crippen LogP contribution in [0.1, 0.15) is 21.8 Å². The molecule has 0 radical (unpaired) electrons. The summed E-state index contributed by atoms with van der Waals surface area (Å²) in [4.78, 5) is 14.4. The van der Waals surface area contributed by atoms with Gasteiger partial charge in [-0.3, -0.25) is 4.99 Å². The second-order valence-electron chi connectivity index (χ2n) is 6.25. The predicted molar refractivity (Wildman–Crippen MR) is 106 cm³/mol. The maximum atomic E-state index is 4.52. The van der Waals surface area contributed by atoms with E-state index >= 15 is 0 Å². The third-order valence-corrected chi connectivity index (χ3v) is 5.15. The Labute approximate surface area is 152 Å². The topological polar surface area (TPSA) is 56.3 Å². The molecule has 0 saturated carbocycles. The number of thiazole rings is 1. The molecule has 0 aliphatic carbocycles. The van der Waals surface area contributed by atoms with E-state index in [0.29, 0.717) is 0 Å². The summed E-state index contributed by atoms with van der Waals surface area (Å²) in [5.41, 5.74) is 4.93. The van der Waals surface area contributed by atoms with E-state index in [4.69, 9.17) is 0 Å². The van der Waals surface area contributed by atoms with Gasteiger partial charge in [0.25, 0.3) is 0 Å². The van der Waals surface area contributed by atoms with Crippen LogP contribution in [0.4, 0.5) is 0 Å². The van der Waals surface area contributed by atoms with Crippen LogP contribution in [-0.4, -0.2) is 41.5 Å². The Kier molecular flexibility index (Phi) is 5.38. The fourth-order valence-electron chi connectivity index (χ4n) is 3.06. The first-order valence-electron chi connectivity index (χ1n) is 8.47. The molecule has 132 valence electrons. The molecule has 1 aromatic carbocycles. The van der Waals surface area contributed by atoms with Crippen LogP contribution in [0.25, 0.3) is 10.9 Å². The summed E-state index contributed by atoms with van der Waals surface area (Å²) in [6.07, 6.45) is 3.07. The van der Waals surface area contributed by atoms with E-state index in [1.807, 2.05) is 21.0 Å². The summed E-state index contributed by atoms with van der Waals surface area (Å²) in [7, 11) is 3.86. The predicted octanol–water partition coefficient (Wildman–Crippen LogP) is 3.49. The third-order valence-electron chi connectivity index (χ3n) is 4.33. The summed E-state index contributed by atoms with van der Waals surface area (Å²) in [6, 6.07) is 6.43. The summed E-state index contributed by atoms with van der Waals surface area (Å²) in [6.45, 7) is 5.77. The van der Waals surface area contributed by atoms with Crippen molar-refractivity contribution in [2.45, 2.75) is 26.8 Å². The molecule has 0 atom stereocenters. The minimum atomic E-state index is 0.760. The van der Waals surface area contributed by atoms with E-state index in [1.165, 1.54) is 22.0 Å². The second kappa shape index (κ2) is 7.70. The number of guanidine groups is 1. The Bertz CT molecular complexity index is 877. The zero-order valence-corrected chi connectivity index (χ0v) is 16.1. The van der Waals surface area contributed by atoms with Crippen LogP contribution in [0.5, 0.6) is 0 Å². The van der Waals surface area contributed by atoms with Gasteiger partial charge >= 0.3 is 0 Å². The van der Waals surface area contributed by atoms with Crippen LogP contribution < -0.4 is 5.32 Å². The molecule has 6 heteroatoms. The number of aliphatic imine (C=N–C) groups is 1. The van der Waals surface area contributed by atoms with Crippen molar-refractivity contribution in [2.75, 3.05) is 20.6 Å². The van der Waals surface area contributed by atoms with Crippen LogP contribution in [-0.2, 0) is 13.0 Å². The minimum Gasteiger partial charge on any atom is -0.361 e. The van der Waals surface area contributed by atoms with Gasteiger partial charge in [0.1, 0.15) is 0 Å². The standard InChI is InChI=1S/C19H25N5S/c1-13-6-5-7-17-15(10-22-18(13)17)8-9-21-19(20-3)24(4)11-16-12-25-14(2)23-16/h5-7,10,12,22H,8-9,11H2,1-4H3,(H,20,21). The average molecular weight is 356 g/mol. The number of aromatic amines is 1. The molecule has 25 heavy (non-hydrogen) atoms. The normalized spacial score (nSPS) is 11.9. The van der Waals surface area contributed by atoms with Gasteiger partial charge in [-0.25, -0.2) is 4.98 Å². The molecular formula is C19H25N5S. The number of H-pyrrole nitrogens is 1. The van der Waals surface area contributed by atoms with Gasteiger partial charge in [-0.2, -0.15) is 0 Å². The molecule has 0 bridgehead atoms. The number of para-hydroxylation sites is 1. The van der Waals surface area contributed by atoms with Crippen molar-refractivity contribution in [1.82, 2.24) is 20.2 Å². The molecule has 2 N–H and O–H groups in total. The van der Waals surface area contributed by atoms with Crippen molar-refractivity contribution in [1.29, 1.82) is 0 Å². The first-order valence-corrected chi connectivity index (χ1v) is 9.35. The number of hydrogen-bond donors (Lipinski definition) is 2. The minimum absolute atomic E-state index is 0.760. The molecule has 3 rings (SSSR count). The Morgan fingerprint density at radius 2 is 2.20 bits per heavy atom. The molecule has 2 heterocycles. The number of nitrogens with one attached hydrogen (secondary N) is 2. The zero-order valence-electron chi connectivity index (χ0n) is 15.3. The highest BCUT2D eigenvalue weighted by atomic mass is 32.1. The number of benzene rings is 1. The van der Waals surface area contributed by atoms with Gasteiger partial charge in [0.2, 0.25) is 0 Å². The lowest BCUT2D eigenvalue weighted by Crippen LogP contribution is -2.39. The number of fused-ring (bicyclic) bond motifs is 1. The highest BCUT2D eigenvalue weighted by molar-refractivity contribution is 7.09. The molecule has 0 saturated heterocycles. The van der Waals surface area contributed by atoms with E-state index in [9.17, 15) is 0 Å². The highest BCUT2D eigenvalue weighted by Gasteiger charge is 2.09. The number of aryl methyl sites for hydroxylation is 2. The van der Waals surface area contributed by atoms with Crippen LogP contribution >= 0.6 is 11.3 Å². The summed E-state index contributed by atoms with van der Waals surface area (Å²) in [5, 5.41) is 7.96. The summed E-state index contributed by atoms with van der Waals surface area (Å²) >= 11 is 1.68. The molecular weight excluding hydrogens is 330 g/mol. The lowest BCUT2D eigenvalue weighted by Gasteiger charge is -2.21. The fraction of sp³-hybridized carbons (Fsp3) is 0.368. The van der Waals surface area contributed by atoms with Crippen LogP contribution in [0.3, 0.4) is 0 Å². The lowest BCUT2D eigenvalue weighted by atomic mass is 10.1. The summed E-state index contributed by atoms with van der Waals surface area (Å²) < 4.78 is 0. The molecule has 0 unspecified atom stereocenters. The monoisotopic (exact) mass is 355 g/mol. The largest absolute Gasteiger partial charge is 0.361 e. The number of hydrogen-bond acceptors (Lipinski definition) is 3. The number of aromatic nitrogens is 2. The third kappa shape index (κ3) is 4.02. The van der Waals surface area contributed by atoms with Crippen molar-refractivity contribution >= 4 is 28.2 Å². The van der Waals surface area contributed by atoms with E-state index in [1.54, 1.807) is 11.3 Å². The Morgan fingerprint density at radius 3 is 2.92 bits per heavy atom. The van der Waals surface area contributed by atoms with Crippen molar-refractivity contribution in [3.8, 4) is 0 Å². The first kappa shape index (κ1) is 17.5. The Balaban J connectivity index is 1.58. The van der Waals surface area contributed by atoms with Crippen LogP contribution in [0, 0.1) is 13.8 Å². The number of rotatable bonds is 5. The van der Waals surface area contributed by atoms with Gasteiger partial charge in [-0.15, -0.1) is 11.3 Å². The van der Waals surface area contributed by atoms with Crippen LogP contribution in [0.15, 0.2) is 34.8 Å². The van der Waals surface area contributed by atoms with Gasteiger partial charge in [0, 0.05) is 43.1 Å². The highest BCUT2D eigenvalue weighted by Crippen LogP contribution is 2.21. The molecule has 0 amide bonds. The molecule has 0 aliphatic rings. The van der Waals surface area contributed by atoms with E-state index in [0.717, 1.165) is 36.2 Å². The van der Waals surface area contributed by atoms with Gasteiger partial charge in [-0.05, 0) is 31.4 Å². The van der Waals surface area contributed by atoms with Gasteiger partial charge < -0.3 is 15.2 Å². The SMILES string of the molecule is CN=C(NCCc1c[nH]c2c(C)cccc12)N(C)Cc1csc(C)n1. The second-order valence-corrected chi connectivity index (χ2v) is 7.31. The molecule has 0 aliphatic heterocycles. The molecule has 2 aromatic heterocycles.